The van der Waals surface area contributed by atoms with E-state index in [1.807, 2.05) is 31.2 Å². The first-order valence-corrected chi connectivity index (χ1v) is 11.9. The standard InChI is InChI=1S/C23H31FN2O3S/c1-7-20(26(30(6,28)29)21-11-9-8-10-19(21)24)22(27)25-16(2)17-12-14-18(15-13-17)23(3,4)5/h8-16,20H,7H2,1-6H3,(H,25,27)/t16-,20+/m0/s1. The van der Waals surface area contributed by atoms with Crippen LogP contribution in [0.2, 0.25) is 0 Å². The van der Waals surface area contributed by atoms with Crippen LogP contribution in [0.1, 0.15) is 58.2 Å². The number of carbonyl (C=O) groups excluding carboxylic acids is 1. The van der Waals surface area contributed by atoms with Gasteiger partial charge in [0.2, 0.25) is 15.9 Å². The van der Waals surface area contributed by atoms with Crippen LogP contribution in [0.5, 0.6) is 0 Å². The molecule has 5 nitrogen and oxygen atoms in total. The van der Waals surface area contributed by atoms with Crippen molar-refractivity contribution < 1.29 is 17.6 Å². The minimum Gasteiger partial charge on any atom is -0.348 e. The highest BCUT2D eigenvalue weighted by molar-refractivity contribution is 7.92. The summed E-state index contributed by atoms with van der Waals surface area (Å²) >= 11 is 0. The summed E-state index contributed by atoms with van der Waals surface area (Å²) in [5, 5.41) is 2.88. The van der Waals surface area contributed by atoms with E-state index in [-0.39, 0.29) is 23.6 Å². The van der Waals surface area contributed by atoms with Crippen LogP contribution in [-0.4, -0.2) is 26.6 Å². The van der Waals surface area contributed by atoms with Crippen molar-refractivity contribution in [2.24, 2.45) is 0 Å². The Labute approximate surface area is 179 Å². The lowest BCUT2D eigenvalue weighted by Gasteiger charge is -2.31. The van der Waals surface area contributed by atoms with Crippen molar-refractivity contribution in [3.63, 3.8) is 0 Å². The number of hydrogen-bond acceptors (Lipinski definition) is 3. The summed E-state index contributed by atoms with van der Waals surface area (Å²) < 4.78 is 40.1. The van der Waals surface area contributed by atoms with E-state index in [1.54, 1.807) is 13.0 Å². The molecule has 0 saturated carbocycles. The number of rotatable bonds is 7. The third-order valence-electron chi connectivity index (χ3n) is 5.06. The molecule has 0 aromatic heterocycles. The number of para-hydroxylation sites is 1. The van der Waals surface area contributed by atoms with Crippen LogP contribution < -0.4 is 9.62 Å². The molecule has 0 fully saturated rings. The maximum Gasteiger partial charge on any atom is 0.244 e. The van der Waals surface area contributed by atoms with Crippen molar-refractivity contribution in [1.82, 2.24) is 5.32 Å². The van der Waals surface area contributed by atoms with E-state index in [1.165, 1.54) is 23.8 Å². The SMILES string of the molecule is CC[C@H](C(=O)N[C@@H](C)c1ccc(C(C)(C)C)cc1)N(c1ccccc1F)S(C)(=O)=O. The maximum absolute atomic E-state index is 14.4. The minimum atomic E-state index is -3.89. The van der Waals surface area contributed by atoms with Gasteiger partial charge >= 0.3 is 0 Å². The van der Waals surface area contributed by atoms with Crippen LogP contribution >= 0.6 is 0 Å². The molecule has 0 spiro atoms. The van der Waals surface area contributed by atoms with E-state index in [4.69, 9.17) is 0 Å². The van der Waals surface area contributed by atoms with Gasteiger partial charge in [-0.05, 0) is 42.0 Å². The first kappa shape index (κ1) is 23.9. The van der Waals surface area contributed by atoms with Crippen LogP contribution in [-0.2, 0) is 20.2 Å². The molecule has 0 radical (unpaired) electrons. The molecular formula is C23H31FN2O3S. The third-order valence-corrected chi connectivity index (χ3v) is 6.22. The molecule has 0 aliphatic carbocycles. The Morgan fingerprint density at radius 3 is 2.13 bits per heavy atom. The van der Waals surface area contributed by atoms with Crippen molar-refractivity contribution in [1.29, 1.82) is 0 Å². The summed E-state index contributed by atoms with van der Waals surface area (Å²) in [6, 6.07) is 12.1. The van der Waals surface area contributed by atoms with E-state index >= 15 is 0 Å². The normalized spacial score (nSPS) is 14.1. The summed E-state index contributed by atoms with van der Waals surface area (Å²) in [5.41, 5.74) is 1.97. The van der Waals surface area contributed by atoms with Gasteiger partial charge in [-0.2, -0.15) is 0 Å². The van der Waals surface area contributed by atoms with Crippen molar-refractivity contribution in [2.75, 3.05) is 10.6 Å². The van der Waals surface area contributed by atoms with Gasteiger partial charge in [-0.25, -0.2) is 12.8 Å². The molecule has 2 aromatic carbocycles. The Bertz CT molecular complexity index is 982. The molecule has 164 valence electrons. The zero-order valence-electron chi connectivity index (χ0n) is 18.4. The predicted octanol–water partition coefficient (Wildman–Crippen LogP) is 4.55. The lowest BCUT2D eigenvalue weighted by Crippen LogP contribution is -2.50. The average Bonchev–Trinajstić information content (AvgIpc) is 2.65. The highest BCUT2D eigenvalue weighted by atomic mass is 32.2. The third kappa shape index (κ3) is 5.59. The molecule has 1 amide bonds. The molecule has 30 heavy (non-hydrogen) atoms. The Balaban J connectivity index is 2.29. The minimum absolute atomic E-state index is 0.0219. The molecule has 0 saturated heterocycles. The number of carbonyl (C=O) groups is 1. The second kappa shape index (κ2) is 9.16. The van der Waals surface area contributed by atoms with Crippen molar-refractivity contribution in [3.8, 4) is 0 Å². The zero-order valence-corrected chi connectivity index (χ0v) is 19.3. The van der Waals surface area contributed by atoms with Crippen LogP contribution in [0.4, 0.5) is 10.1 Å². The summed E-state index contributed by atoms with van der Waals surface area (Å²) in [4.78, 5) is 13.0. The topological polar surface area (TPSA) is 66.5 Å². The second-order valence-corrected chi connectivity index (χ2v) is 10.4. The lowest BCUT2D eigenvalue weighted by atomic mass is 9.86. The fourth-order valence-corrected chi connectivity index (χ4v) is 4.54. The first-order chi connectivity index (χ1) is 13.9. The summed E-state index contributed by atoms with van der Waals surface area (Å²) in [7, 11) is -3.89. The fourth-order valence-electron chi connectivity index (χ4n) is 3.33. The maximum atomic E-state index is 14.4. The van der Waals surface area contributed by atoms with Crippen LogP contribution in [0.25, 0.3) is 0 Å². The van der Waals surface area contributed by atoms with Gasteiger partial charge in [0.1, 0.15) is 11.9 Å². The monoisotopic (exact) mass is 434 g/mol. The van der Waals surface area contributed by atoms with Gasteiger partial charge in [0.15, 0.2) is 0 Å². The fraction of sp³-hybridized carbons (Fsp3) is 0.435. The van der Waals surface area contributed by atoms with Crippen molar-refractivity contribution >= 4 is 21.6 Å². The van der Waals surface area contributed by atoms with Gasteiger partial charge in [0.25, 0.3) is 0 Å². The molecule has 2 atom stereocenters. The summed E-state index contributed by atoms with van der Waals surface area (Å²) in [5.74, 6) is -1.17. The van der Waals surface area contributed by atoms with Gasteiger partial charge < -0.3 is 5.32 Å². The number of anilines is 1. The number of nitrogens with one attached hydrogen (secondary N) is 1. The summed E-state index contributed by atoms with van der Waals surface area (Å²) in [6.45, 7) is 9.92. The zero-order chi connectivity index (χ0) is 22.7. The molecule has 0 unspecified atom stereocenters. The molecular weight excluding hydrogens is 403 g/mol. The number of benzene rings is 2. The average molecular weight is 435 g/mol. The number of sulfonamides is 1. The smallest absolute Gasteiger partial charge is 0.244 e. The molecule has 0 bridgehead atoms. The van der Waals surface area contributed by atoms with Crippen molar-refractivity contribution in [2.45, 2.75) is 58.5 Å². The molecule has 2 aromatic rings. The van der Waals surface area contributed by atoms with Gasteiger partial charge in [-0.3, -0.25) is 9.10 Å². The molecule has 0 aliphatic rings. The summed E-state index contributed by atoms with van der Waals surface area (Å²) in [6.07, 6.45) is 1.17. The van der Waals surface area contributed by atoms with E-state index in [9.17, 15) is 17.6 Å². The van der Waals surface area contributed by atoms with Gasteiger partial charge in [0, 0.05) is 0 Å². The molecule has 0 aliphatic heterocycles. The van der Waals surface area contributed by atoms with Gasteiger partial charge in [-0.1, -0.05) is 64.1 Å². The van der Waals surface area contributed by atoms with Crippen LogP contribution in [0.3, 0.4) is 0 Å². The molecule has 0 heterocycles. The number of hydrogen-bond donors (Lipinski definition) is 1. The Hall–Kier alpha value is -2.41. The van der Waals surface area contributed by atoms with Crippen LogP contribution in [0, 0.1) is 5.82 Å². The molecule has 2 rings (SSSR count). The highest BCUT2D eigenvalue weighted by Crippen LogP contribution is 2.27. The quantitative estimate of drug-likeness (QED) is 0.695. The molecule has 7 heteroatoms. The number of amides is 1. The number of halogens is 1. The van der Waals surface area contributed by atoms with E-state index in [0.717, 1.165) is 16.1 Å². The second-order valence-electron chi connectivity index (χ2n) is 8.54. The Morgan fingerprint density at radius 2 is 1.67 bits per heavy atom. The number of nitrogens with zero attached hydrogens (tertiary/aromatic N) is 1. The van der Waals surface area contributed by atoms with Gasteiger partial charge in [0.05, 0.1) is 18.0 Å². The van der Waals surface area contributed by atoms with Crippen molar-refractivity contribution in [3.05, 3.63) is 65.5 Å². The predicted molar refractivity (Wildman–Crippen MR) is 120 cm³/mol. The lowest BCUT2D eigenvalue weighted by molar-refractivity contribution is -0.122. The molecule has 1 N–H and O–H groups in total. The van der Waals surface area contributed by atoms with E-state index in [0.29, 0.717) is 0 Å². The first-order valence-electron chi connectivity index (χ1n) is 10.0. The van der Waals surface area contributed by atoms with Gasteiger partial charge in [-0.15, -0.1) is 0 Å². The highest BCUT2D eigenvalue weighted by Gasteiger charge is 2.33. The van der Waals surface area contributed by atoms with E-state index in [2.05, 4.69) is 26.1 Å². The van der Waals surface area contributed by atoms with Crippen LogP contribution in [0.15, 0.2) is 48.5 Å². The van der Waals surface area contributed by atoms with E-state index < -0.39 is 27.8 Å². The Kier molecular flexibility index (Phi) is 7.29. The Morgan fingerprint density at radius 1 is 1.10 bits per heavy atom. The largest absolute Gasteiger partial charge is 0.348 e.